The predicted octanol–water partition coefficient (Wildman–Crippen LogP) is 3.24. The number of nitrogens with zero attached hydrogens (tertiary/aromatic N) is 3. The molecule has 1 amide bonds. The molecule has 3 heterocycles. The van der Waals surface area contributed by atoms with E-state index in [0.29, 0.717) is 22.4 Å². The number of amidine groups is 3. The summed E-state index contributed by atoms with van der Waals surface area (Å²) in [6.07, 6.45) is 2.31. The Morgan fingerprint density at radius 1 is 1.32 bits per heavy atom. The highest BCUT2D eigenvalue weighted by Gasteiger charge is 2.41. The van der Waals surface area contributed by atoms with Crippen LogP contribution >= 0.6 is 34.9 Å². The van der Waals surface area contributed by atoms with Gasteiger partial charge in [0.15, 0.2) is 0 Å². The first-order chi connectivity index (χ1) is 14.6. The molecular weight excluding hydrogens is 484 g/mol. The van der Waals surface area contributed by atoms with Crippen molar-refractivity contribution in [1.29, 1.82) is 5.41 Å². The minimum atomic E-state index is -3.74. The van der Waals surface area contributed by atoms with Crippen LogP contribution in [0, 0.1) is 5.41 Å². The molecule has 2 aliphatic heterocycles. The van der Waals surface area contributed by atoms with Gasteiger partial charge in [-0.05, 0) is 35.2 Å². The number of nitrogens with one attached hydrogen (secondary N) is 1. The van der Waals surface area contributed by atoms with E-state index in [4.69, 9.17) is 21.7 Å². The van der Waals surface area contributed by atoms with Crippen LogP contribution in [0.15, 0.2) is 50.7 Å². The lowest BCUT2D eigenvalue weighted by Crippen LogP contribution is -2.45. The molecule has 2 aromatic rings. The topological polar surface area (TPSA) is 129 Å². The molecule has 0 saturated carbocycles. The van der Waals surface area contributed by atoms with Gasteiger partial charge in [-0.25, -0.2) is 18.1 Å². The second-order valence-electron chi connectivity index (χ2n) is 6.24. The van der Waals surface area contributed by atoms with E-state index in [1.165, 1.54) is 29.5 Å². The van der Waals surface area contributed by atoms with Crippen molar-refractivity contribution in [3.8, 4) is 5.75 Å². The number of ether oxygens (including phenoxy) is 1. The van der Waals surface area contributed by atoms with E-state index in [-0.39, 0.29) is 32.5 Å². The molecule has 4 rings (SSSR count). The van der Waals surface area contributed by atoms with Crippen LogP contribution in [0.3, 0.4) is 0 Å². The SMILES string of the molecule is CS(=O)(=O)C1=NSC2=NC(=O)/C(=C\c3ccc(OC(=O)c4cccs4)c(Cl)c3)C(=N)N21. The number of halogens is 1. The molecule has 2 aliphatic rings. The van der Waals surface area contributed by atoms with Gasteiger partial charge in [0.1, 0.15) is 16.5 Å². The summed E-state index contributed by atoms with van der Waals surface area (Å²) in [5.41, 5.74) is 0.291. The molecule has 1 N–H and O–H groups in total. The van der Waals surface area contributed by atoms with E-state index in [0.717, 1.165) is 11.2 Å². The van der Waals surface area contributed by atoms with Crippen LogP contribution in [0.5, 0.6) is 5.75 Å². The van der Waals surface area contributed by atoms with Crippen LogP contribution in [0.25, 0.3) is 6.08 Å². The summed E-state index contributed by atoms with van der Waals surface area (Å²) < 4.78 is 33.0. The van der Waals surface area contributed by atoms with E-state index < -0.39 is 21.7 Å². The third-order valence-electron chi connectivity index (χ3n) is 4.02. The summed E-state index contributed by atoms with van der Waals surface area (Å²) in [7, 11) is -3.74. The number of rotatable bonds is 3. The smallest absolute Gasteiger partial charge is 0.353 e. The molecule has 0 fully saturated rings. The van der Waals surface area contributed by atoms with Crippen molar-refractivity contribution in [2.75, 3.05) is 6.26 Å². The molecule has 1 aromatic carbocycles. The van der Waals surface area contributed by atoms with Crippen LogP contribution in [0.1, 0.15) is 15.2 Å². The van der Waals surface area contributed by atoms with Crippen LogP contribution in [-0.2, 0) is 14.6 Å². The molecule has 0 bridgehead atoms. The van der Waals surface area contributed by atoms with Gasteiger partial charge < -0.3 is 4.74 Å². The second kappa shape index (κ2) is 8.04. The summed E-state index contributed by atoms with van der Waals surface area (Å²) >= 11 is 8.16. The molecule has 1 aromatic heterocycles. The highest BCUT2D eigenvalue weighted by atomic mass is 35.5. The largest absolute Gasteiger partial charge is 0.421 e. The number of amides is 1. The third kappa shape index (κ3) is 4.19. The van der Waals surface area contributed by atoms with Crippen molar-refractivity contribution in [1.82, 2.24) is 4.90 Å². The van der Waals surface area contributed by atoms with Crippen molar-refractivity contribution in [3.63, 3.8) is 0 Å². The van der Waals surface area contributed by atoms with E-state index in [1.54, 1.807) is 23.6 Å². The number of hydrogen-bond acceptors (Lipinski definition) is 9. The highest BCUT2D eigenvalue weighted by Crippen LogP contribution is 2.31. The van der Waals surface area contributed by atoms with Gasteiger partial charge in [-0.1, -0.05) is 23.7 Å². The van der Waals surface area contributed by atoms with Crippen molar-refractivity contribution in [2.24, 2.45) is 9.39 Å². The van der Waals surface area contributed by atoms with Gasteiger partial charge in [-0.15, -0.1) is 11.3 Å². The first-order valence-electron chi connectivity index (χ1n) is 8.39. The van der Waals surface area contributed by atoms with Crippen molar-refractivity contribution in [3.05, 3.63) is 56.7 Å². The Hall–Kier alpha value is -2.80. The fourth-order valence-corrected chi connectivity index (χ4v) is 5.31. The molecule has 0 atom stereocenters. The summed E-state index contributed by atoms with van der Waals surface area (Å²) in [4.78, 5) is 29.7. The molecule has 13 heteroatoms. The minimum Gasteiger partial charge on any atom is -0.421 e. The zero-order valence-corrected chi connectivity index (χ0v) is 18.7. The van der Waals surface area contributed by atoms with Crippen LogP contribution in [0.4, 0.5) is 0 Å². The van der Waals surface area contributed by atoms with Crippen LogP contribution in [-0.4, -0.2) is 47.6 Å². The van der Waals surface area contributed by atoms with Crippen LogP contribution in [0.2, 0.25) is 5.02 Å². The lowest BCUT2D eigenvalue weighted by atomic mass is 10.1. The first kappa shape index (κ1) is 21.4. The molecule has 0 unspecified atom stereocenters. The normalized spacial score (nSPS) is 17.5. The molecule has 9 nitrogen and oxygen atoms in total. The Morgan fingerprint density at radius 3 is 2.74 bits per heavy atom. The number of carbonyl (C=O) groups is 2. The van der Waals surface area contributed by atoms with Crippen LogP contribution < -0.4 is 4.74 Å². The number of hydrogen-bond donors (Lipinski definition) is 1. The van der Waals surface area contributed by atoms with Crippen molar-refractivity contribution >= 4 is 78.8 Å². The van der Waals surface area contributed by atoms with E-state index in [2.05, 4.69) is 9.39 Å². The second-order valence-corrected chi connectivity index (χ2v) is 10.2. The Kier molecular flexibility index (Phi) is 5.56. The average Bonchev–Trinajstić information content (AvgIpc) is 3.36. The van der Waals surface area contributed by atoms with E-state index >= 15 is 0 Å². The van der Waals surface area contributed by atoms with Gasteiger partial charge in [0.2, 0.25) is 20.2 Å². The first-order valence-corrected chi connectivity index (χ1v) is 12.3. The Labute approximate surface area is 189 Å². The zero-order valence-electron chi connectivity index (χ0n) is 15.5. The Balaban J connectivity index is 1.62. The summed E-state index contributed by atoms with van der Waals surface area (Å²) in [6, 6.07) is 7.80. The molecular formula is C18H11ClN4O5S3. The van der Waals surface area contributed by atoms with Gasteiger partial charge in [-0.2, -0.15) is 9.39 Å². The molecule has 0 radical (unpaired) electrons. The maximum atomic E-state index is 12.4. The Morgan fingerprint density at radius 2 is 2.10 bits per heavy atom. The molecule has 0 aliphatic carbocycles. The van der Waals surface area contributed by atoms with E-state index in [1.807, 2.05) is 0 Å². The van der Waals surface area contributed by atoms with Crippen molar-refractivity contribution in [2.45, 2.75) is 0 Å². The van der Waals surface area contributed by atoms with Gasteiger partial charge >= 0.3 is 5.97 Å². The number of benzene rings is 1. The maximum Gasteiger partial charge on any atom is 0.353 e. The summed E-state index contributed by atoms with van der Waals surface area (Å²) in [5.74, 6) is -1.49. The van der Waals surface area contributed by atoms with Gasteiger partial charge in [0.25, 0.3) is 5.91 Å². The lowest BCUT2D eigenvalue weighted by Gasteiger charge is -2.23. The van der Waals surface area contributed by atoms with Crippen molar-refractivity contribution < 1.29 is 22.7 Å². The number of esters is 1. The minimum absolute atomic E-state index is 0.00134. The summed E-state index contributed by atoms with van der Waals surface area (Å²) in [5, 5.41) is 9.83. The fraction of sp³-hybridized carbons (Fsp3) is 0.0556. The Bertz CT molecular complexity index is 1330. The van der Waals surface area contributed by atoms with E-state index in [9.17, 15) is 18.0 Å². The predicted molar refractivity (Wildman–Crippen MR) is 121 cm³/mol. The number of sulfone groups is 1. The number of thiophene rings is 1. The maximum absolute atomic E-state index is 12.4. The quantitative estimate of drug-likeness (QED) is 0.300. The zero-order chi connectivity index (χ0) is 22.3. The molecule has 0 saturated heterocycles. The lowest BCUT2D eigenvalue weighted by molar-refractivity contribution is -0.114. The molecule has 158 valence electrons. The van der Waals surface area contributed by atoms with Gasteiger partial charge in [-0.3, -0.25) is 10.2 Å². The number of aliphatic imine (C=N–C) groups is 1. The number of carbonyl (C=O) groups excluding carboxylic acids is 2. The molecule has 0 spiro atoms. The molecule has 31 heavy (non-hydrogen) atoms. The number of fused-ring (bicyclic) bond motifs is 1. The third-order valence-corrected chi connectivity index (χ3v) is 6.92. The summed E-state index contributed by atoms with van der Waals surface area (Å²) in [6.45, 7) is 0. The van der Waals surface area contributed by atoms with Gasteiger partial charge in [0.05, 0.1) is 22.5 Å². The fourth-order valence-electron chi connectivity index (χ4n) is 2.64. The monoisotopic (exact) mass is 494 g/mol. The highest BCUT2D eigenvalue weighted by molar-refractivity contribution is 8.16. The van der Waals surface area contributed by atoms with Gasteiger partial charge in [0, 0.05) is 6.26 Å². The standard InChI is InChI=1S/C18H11ClN4O5S3/c1-31(26,27)18-22-30-17-21-15(24)10(14(20)23(17)18)7-9-4-5-12(11(19)8-9)28-16(25)13-3-2-6-29-13/h2-8,20H,1H3/b10-7-,20-14?. The average molecular weight is 495 g/mol.